The molecule has 1 atom stereocenters. The largest absolute Gasteiger partial charge is 0.399 e. The normalized spacial score (nSPS) is 12.3. The molecular weight excluding hydrogens is 324 g/mol. The van der Waals surface area contributed by atoms with E-state index in [2.05, 4.69) is 4.72 Å². The molecule has 22 heavy (non-hydrogen) atoms. The molecule has 0 spiro atoms. The molecule has 2 aromatic carbocycles. The summed E-state index contributed by atoms with van der Waals surface area (Å²) >= 11 is 0. The highest BCUT2D eigenvalue weighted by Gasteiger charge is 2.11. The van der Waals surface area contributed by atoms with Crippen molar-refractivity contribution < 1.29 is 8.42 Å². The molecule has 6 nitrogen and oxygen atoms in total. The second-order valence-corrected chi connectivity index (χ2v) is 6.66. The zero-order valence-electron chi connectivity index (χ0n) is 12.0. The van der Waals surface area contributed by atoms with Crippen LogP contribution in [0.4, 0.5) is 17.1 Å². The van der Waals surface area contributed by atoms with E-state index in [0.717, 1.165) is 17.4 Å². The van der Waals surface area contributed by atoms with Gasteiger partial charge in [0.2, 0.25) is 10.0 Å². The lowest BCUT2D eigenvalue weighted by Gasteiger charge is -2.15. The van der Waals surface area contributed by atoms with E-state index in [1.165, 1.54) is 0 Å². The number of rotatable bonds is 4. The van der Waals surface area contributed by atoms with Crippen LogP contribution in [0.5, 0.6) is 0 Å². The number of nitrogens with two attached hydrogens (primary N) is 3. The molecule has 0 saturated heterocycles. The highest BCUT2D eigenvalue weighted by molar-refractivity contribution is 7.92. The van der Waals surface area contributed by atoms with Gasteiger partial charge >= 0.3 is 0 Å². The molecule has 8 heteroatoms. The summed E-state index contributed by atoms with van der Waals surface area (Å²) in [7, 11) is -3.29. The number of sulfonamides is 1. The van der Waals surface area contributed by atoms with Crippen LogP contribution in [0.15, 0.2) is 42.5 Å². The predicted octanol–water partition coefficient (Wildman–Crippen LogP) is 1.69. The van der Waals surface area contributed by atoms with Gasteiger partial charge in [0.25, 0.3) is 0 Å². The van der Waals surface area contributed by atoms with Gasteiger partial charge < -0.3 is 17.2 Å². The maximum atomic E-state index is 11.2. The van der Waals surface area contributed by atoms with Crippen molar-refractivity contribution in [1.29, 1.82) is 0 Å². The lowest BCUT2D eigenvalue weighted by Crippen LogP contribution is -2.13. The molecule has 2 aromatic rings. The van der Waals surface area contributed by atoms with Gasteiger partial charge in [-0.3, -0.25) is 4.72 Å². The second-order valence-electron chi connectivity index (χ2n) is 4.91. The van der Waals surface area contributed by atoms with Crippen LogP contribution in [0.25, 0.3) is 0 Å². The molecule has 0 radical (unpaired) electrons. The van der Waals surface area contributed by atoms with Crippen molar-refractivity contribution in [2.75, 3.05) is 22.4 Å². The van der Waals surface area contributed by atoms with Gasteiger partial charge in [-0.25, -0.2) is 8.42 Å². The van der Waals surface area contributed by atoms with Crippen molar-refractivity contribution in [3.8, 4) is 0 Å². The zero-order chi connectivity index (χ0) is 15.6. The summed E-state index contributed by atoms with van der Waals surface area (Å²) in [6.07, 6.45) is 1.10. The average molecular weight is 343 g/mol. The quantitative estimate of drug-likeness (QED) is 0.629. The minimum atomic E-state index is -3.29. The van der Waals surface area contributed by atoms with Crippen molar-refractivity contribution in [2.24, 2.45) is 5.73 Å². The summed E-state index contributed by atoms with van der Waals surface area (Å²) in [6.45, 7) is 0. The fourth-order valence-electron chi connectivity index (χ4n) is 2.05. The molecule has 0 aliphatic carbocycles. The first-order valence-electron chi connectivity index (χ1n) is 6.24. The minimum absolute atomic E-state index is 0. The number of nitrogens with one attached hydrogen (secondary N) is 1. The summed E-state index contributed by atoms with van der Waals surface area (Å²) in [5, 5.41) is 0. The Hall–Kier alpha value is -1.96. The highest BCUT2D eigenvalue weighted by atomic mass is 35.5. The number of hydrogen-bond acceptors (Lipinski definition) is 5. The van der Waals surface area contributed by atoms with Crippen molar-refractivity contribution in [2.45, 2.75) is 6.04 Å². The Labute approximate surface area is 136 Å². The lowest BCUT2D eigenvalue weighted by atomic mass is 9.98. The Balaban J connectivity index is 0.00000242. The second kappa shape index (κ2) is 6.87. The monoisotopic (exact) mass is 342 g/mol. The Morgan fingerprint density at radius 3 is 1.91 bits per heavy atom. The molecule has 0 aliphatic heterocycles. The molecule has 0 aliphatic rings. The molecule has 0 amide bonds. The van der Waals surface area contributed by atoms with Crippen LogP contribution >= 0.6 is 12.4 Å². The maximum Gasteiger partial charge on any atom is 0.229 e. The molecule has 0 bridgehead atoms. The Bertz CT molecular complexity index is 728. The third-order valence-electron chi connectivity index (χ3n) is 2.93. The van der Waals surface area contributed by atoms with Gasteiger partial charge in [0.1, 0.15) is 0 Å². The highest BCUT2D eigenvalue weighted by Crippen LogP contribution is 2.25. The third-order valence-corrected chi connectivity index (χ3v) is 3.54. The molecular formula is C14H19ClN4O2S. The summed E-state index contributed by atoms with van der Waals surface area (Å²) in [5.74, 6) is 0. The Morgan fingerprint density at radius 2 is 1.45 bits per heavy atom. The number of benzene rings is 2. The predicted molar refractivity (Wildman–Crippen MR) is 93.5 cm³/mol. The van der Waals surface area contributed by atoms with Gasteiger partial charge in [-0.05, 0) is 41.5 Å². The van der Waals surface area contributed by atoms with E-state index >= 15 is 0 Å². The van der Waals surface area contributed by atoms with Gasteiger partial charge in [-0.15, -0.1) is 12.4 Å². The van der Waals surface area contributed by atoms with E-state index < -0.39 is 10.0 Å². The van der Waals surface area contributed by atoms with E-state index in [-0.39, 0.29) is 18.4 Å². The smallest absolute Gasteiger partial charge is 0.229 e. The molecule has 120 valence electrons. The van der Waals surface area contributed by atoms with Crippen molar-refractivity contribution in [1.82, 2.24) is 0 Å². The number of halogens is 1. The van der Waals surface area contributed by atoms with Gasteiger partial charge in [-0.2, -0.15) is 0 Å². The van der Waals surface area contributed by atoms with Crippen LogP contribution < -0.4 is 21.9 Å². The SMILES string of the molecule is CS(=O)(=O)Nc1ccc(C(N)c2cc(N)cc(N)c2)cc1.Cl. The average Bonchev–Trinajstić information content (AvgIpc) is 2.35. The van der Waals surface area contributed by atoms with Gasteiger partial charge in [0, 0.05) is 17.1 Å². The Morgan fingerprint density at radius 1 is 0.955 bits per heavy atom. The van der Waals surface area contributed by atoms with Crippen LogP contribution in [0.2, 0.25) is 0 Å². The van der Waals surface area contributed by atoms with E-state index in [4.69, 9.17) is 17.2 Å². The molecule has 2 rings (SSSR count). The van der Waals surface area contributed by atoms with Crippen molar-refractivity contribution in [3.05, 3.63) is 53.6 Å². The molecule has 0 aromatic heterocycles. The van der Waals surface area contributed by atoms with Gasteiger partial charge in [0.15, 0.2) is 0 Å². The summed E-state index contributed by atoms with van der Waals surface area (Å²) in [5.41, 5.74) is 20.9. The first kappa shape index (κ1) is 18.1. The minimum Gasteiger partial charge on any atom is -0.399 e. The topological polar surface area (TPSA) is 124 Å². The first-order valence-corrected chi connectivity index (χ1v) is 8.13. The number of anilines is 3. The van der Waals surface area contributed by atoms with Crippen LogP contribution in [0.1, 0.15) is 17.2 Å². The van der Waals surface area contributed by atoms with Gasteiger partial charge in [-0.1, -0.05) is 12.1 Å². The van der Waals surface area contributed by atoms with Crippen LogP contribution in [-0.2, 0) is 10.0 Å². The van der Waals surface area contributed by atoms with E-state index in [0.29, 0.717) is 17.1 Å². The maximum absolute atomic E-state index is 11.2. The van der Waals surface area contributed by atoms with Crippen LogP contribution in [0, 0.1) is 0 Å². The number of hydrogen-bond donors (Lipinski definition) is 4. The lowest BCUT2D eigenvalue weighted by molar-refractivity contribution is 0.607. The number of nitrogen functional groups attached to an aromatic ring is 2. The van der Waals surface area contributed by atoms with Crippen molar-refractivity contribution in [3.63, 3.8) is 0 Å². The zero-order valence-corrected chi connectivity index (χ0v) is 13.6. The van der Waals surface area contributed by atoms with Crippen molar-refractivity contribution >= 4 is 39.5 Å². The summed E-state index contributed by atoms with van der Waals surface area (Å²) < 4.78 is 24.7. The summed E-state index contributed by atoms with van der Waals surface area (Å²) in [6, 6.07) is 11.7. The molecule has 0 fully saturated rings. The first-order chi connectivity index (χ1) is 9.74. The molecule has 1 unspecified atom stereocenters. The van der Waals surface area contributed by atoms with Gasteiger partial charge in [0.05, 0.1) is 12.3 Å². The fraction of sp³-hybridized carbons (Fsp3) is 0.143. The Kier molecular flexibility index (Phi) is 5.65. The van der Waals surface area contributed by atoms with Crippen LogP contribution in [-0.4, -0.2) is 14.7 Å². The van der Waals surface area contributed by atoms with Crippen LogP contribution in [0.3, 0.4) is 0 Å². The van der Waals surface area contributed by atoms with E-state index in [9.17, 15) is 8.42 Å². The van der Waals surface area contributed by atoms with E-state index in [1.807, 2.05) is 0 Å². The van der Waals surface area contributed by atoms with E-state index in [1.54, 1.807) is 42.5 Å². The third kappa shape index (κ3) is 4.80. The molecule has 7 N–H and O–H groups in total. The summed E-state index contributed by atoms with van der Waals surface area (Å²) in [4.78, 5) is 0. The molecule has 0 heterocycles. The molecule has 0 saturated carbocycles. The fourth-order valence-corrected chi connectivity index (χ4v) is 2.61. The standard InChI is InChI=1S/C14H18N4O2S.ClH/c1-21(19,20)18-13-4-2-9(3-5-13)14(17)10-6-11(15)8-12(16)7-10;/h2-8,14,18H,15-17H2,1H3;1H.